The molecule has 1 aliphatic carbocycles. The fraction of sp³-hybridized carbons (Fsp3) is 0.205. The Balaban J connectivity index is 1.16. The van der Waals surface area contributed by atoms with Crippen molar-refractivity contribution in [1.29, 1.82) is 0 Å². The third-order valence-corrected chi connectivity index (χ3v) is 20.4. The van der Waals surface area contributed by atoms with Crippen LogP contribution >= 0.6 is 23.1 Å². The minimum atomic E-state index is -0.906. The predicted molar refractivity (Wildman–Crippen MR) is 379 cm³/mol. The summed E-state index contributed by atoms with van der Waals surface area (Å²) < 4.78 is 10.1. The quantitative estimate of drug-likeness (QED) is 0.136. The molecule has 436 valence electrons. The number of para-hydroxylation sites is 3. The molecule has 88 heavy (non-hydrogen) atoms. The van der Waals surface area contributed by atoms with Crippen molar-refractivity contribution < 1.29 is 4.42 Å². The number of thiophene rings is 1. The zero-order valence-electron chi connectivity index (χ0n) is 52.7. The Morgan fingerprint density at radius 2 is 0.739 bits per heavy atom. The average Bonchev–Trinajstić information content (AvgIpc) is 1.55. The lowest BCUT2D eigenvalue weighted by molar-refractivity contribution is 0.589. The van der Waals surface area contributed by atoms with Gasteiger partial charge in [0.2, 0.25) is 0 Å². The lowest BCUT2D eigenvalue weighted by Gasteiger charge is -2.36. The average molecular weight is 1180 g/mol. The molecular formula is C83H76N2OS2. The predicted octanol–water partition coefficient (Wildman–Crippen LogP) is 24.6. The highest BCUT2D eigenvalue weighted by Crippen LogP contribution is 2.65. The highest BCUT2D eigenvalue weighted by molar-refractivity contribution is 7.99. The Morgan fingerprint density at radius 1 is 0.364 bits per heavy atom. The second-order valence-corrected chi connectivity index (χ2v) is 30.4. The molecule has 0 spiro atoms. The molecule has 2 aromatic heterocycles. The van der Waals surface area contributed by atoms with Crippen molar-refractivity contribution in [1.82, 2.24) is 0 Å². The highest BCUT2D eigenvalue weighted by atomic mass is 32.2. The molecular weight excluding hydrogens is 1110 g/mol. The summed E-state index contributed by atoms with van der Waals surface area (Å²) in [5.41, 5.74) is 19.6. The van der Waals surface area contributed by atoms with Crippen molar-refractivity contribution in [2.75, 3.05) is 9.80 Å². The van der Waals surface area contributed by atoms with Crippen LogP contribution in [0.15, 0.2) is 257 Å². The number of hydrogen-bond donors (Lipinski definition) is 0. The van der Waals surface area contributed by atoms with E-state index in [9.17, 15) is 0 Å². The van der Waals surface area contributed by atoms with Gasteiger partial charge in [-0.3, -0.25) is 0 Å². The maximum atomic E-state index is 7.66. The van der Waals surface area contributed by atoms with Gasteiger partial charge >= 0.3 is 0 Å². The number of hydrogen-bond acceptors (Lipinski definition) is 5. The molecule has 1 aliphatic rings. The van der Waals surface area contributed by atoms with Gasteiger partial charge in [-0.2, -0.15) is 0 Å². The van der Waals surface area contributed by atoms with Crippen LogP contribution in [0.25, 0.3) is 53.2 Å². The summed E-state index contributed by atoms with van der Waals surface area (Å²) >= 11 is 3.72. The van der Waals surface area contributed by atoms with Gasteiger partial charge < -0.3 is 14.2 Å². The van der Waals surface area contributed by atoms with Crippen LogP contribution in [0.4, 0.5) is 34.1 Å². The summed E-state index contributed by atoms with van der Waals surface area (Å²) in [7, 11) is 0. The van der Waals surface area contributed by atoms with Crippen LogP contribution in [-0.4, -0.2) is 0 Å². The standard InChI is InChI=1S/C83H76N2OS2/c1-79(2,3)53-31-33-57(34-32-53)83(58-41-49-64(50-42-58)87-63-47-39-56(40-48-63)82(10,11)12)67-51-69(84(59-23-15-13-16-24-59)61-43-35-54(36-44-61)80(4,5)6)73-65-27-19-21-29-71(65)86-77(73)75(67)76-68(83)52-70(74-66-28-20-22-30-72(66)88-78(74)76)85(60-25-17-14-18-26-60)62-45-37-55(38-46-62)81(7,8)9/h13-52H,1-12H3. The van der Waals surface area contributed by atoms with E-state index in [0.717, 1.165) is 61.6 Å². The Labute approximate surface area is 528 Å². The number of fused-ring (bicyclic) bond motifs is 11. The number of benzene rings is 11. The van der Waals surface area contributed by atoms with Crippen molar-refractivity contribution in [2.24, 2.45) is 0 Å². The lowest BCUT2D eigenvalue weighted by atomic mass is 9.67. The molecule has 1 atom stereocenters. The second-order valence-electron chi connectivity index (χ2n) is 28.2. The molecule has 1 unspecified atom stereocenters. The van der Waals surface area contributed by atoms with Crippen LogP contribution in [0.5, 0.6) is 0 Å². The summed E-state index contributed by atoms with van der Waals surface area (Å²) in [6, 6.07) is 91.8. The summed E-state index contributed by atoms with van der Waals surface area (Å²) in [6.45, 7) is 27.6. The zero-order valence-corrected chi connectivity index (χ0v) is 54.3. The van der Waals surface area contributed by atoms with Gasteiger partial charge in [-0.1, -0.05) is 240 Å². The first kappa shape index (κ1) is 57.2. The van der Waals surface area contributed by atoms with Crippen molar-refractivity contribution >= 4 is 99.3 Å². The van der Waals surface area contributed by atoms with E-state index in [1.807, 2.05) is 23.1 Å². The molecule has 5 heteroatoms. The van der Waals surface area contributed by atoms with Crippen molar-refractivity contribution in [3.63, 3.8) is 0 Å². The van der Waals surface area contributed by atoms with Gasteiger partial charge in [0.05, 0.1) is 22.2 Å². The van der Waals surface area contributed by atoms with Gasteiger partial charge in [0.25, 0.3) is 0 Å². The van der Waals surface area contributed by atoms with E-state index in [0.29, 0.717) is 0 Å². The molecule has 3 nitrogen and oxygen atoms in total. The van der Waals surface area contributed by atoms with Crippen LogP contribution in [0, 0.1) is 0 Å². The molecule has 0 amide bonds. The number of furan rings is 1. The fourth-order valence-corrected chi connectivity index (χ4v) is 15.6. The molecule has 0 saturated heterocycles. The SMILES string of the molecule is CC(C)(C)c1ccc(Sc2ccc(C3(c4ccc(C(C)(C)C)cc4)c4cc(N(c5ccccc5)c5ccc(C(C)(C)C)cc5)c5c(oc6ccccc65)c4-c4c3cc(N(c3ccccc3)c3ccc(C(C)(C)C)cc3)c3c4sc4ccccc43)cc2)cc1. The van der Waals surface area contributed by atoms with Crippen molar-refractivity contribution in [2.45, 2.75) is 120 Å². The van der Waals surface area contributed by atoms with E-state index in [1.54, 1.807) is 0 Å². The smallest absolute Gasteiger partial charge is 0.145 e. The Morgan fingerprint density at radius 3 is 1.23 bits per heavy atom. The van der Waals surface area contributed by atoms with Crippen LogP contribution < -0.4 is 9.80 Å². The minimum absolute atomic E-state index is 0.0217. The van der Waals surface area contributed by atoms with Gasteiger partial charge in [0, 0.05) is 69.2 Å². The van der Waals surface area contributed by atoms with E-state index in [4.69, 9.17) is 4.42 Å². The third kappa shape index (κ3) is 9.73. The highest BCUT2D eigenvalue weighted by Gasteiger charge is 2.50. The van der Waals surface area contributed by atoms with Gasteiger partial charge in [-0.05, 0) is 163 Å². The Bertz CT molecular complexity index is 4510. The summed E-state index contributed by atoms with van der Waals surface area (Å²) in [4.78, 5) is 7.40. The Kier molecular flexibility index (Phi) is 13.8. The van der Waals surface area contributed by atoms with Crippen LogP contribution in [-0.2, 0) is 27.1 Å². The first-order chi connectivity index (χ1) is 42.2. The molecule has 0 N–H and O–H groups in total. The van der Waals surface area contributed by atoms with E-state index in [2.05, 4.69) is 336 Å². The molecule has 11 aromatic carbocycles. The van der Waals surface area contributed by atoms with E-state index in [1.165, 1.54) is 80.0 Å². The number of rotatable bonds is 10. The van der Waals surface area contributed by atoms with Crippen LogP contribution in [0.3, 0.4) is 0 Å². The minimum Gasteiger partial charge on any atom is -0.455 e. The van der Waals surface area contributed by atoms with E-state index >= 15 is 0 Å². The molecule has 0 fully saturated rings. The van der Waals surface area contributed by atoms with Gasteiger partial charge in [0.1, 0.15) is 11.2 Å². The fourth-order valence-electron chi connectivity index (χ4n) is 13.5. The summed E-state index contributed by atoms with van der Waals surface area (Å²) in [6.07, 6.45) is 0. The van der Waals surface area contributed by atoms with Crippen molar-refractivity contribution in [3.8, 4) is 11.1 Å². The Hall–Kier alpha value is -8.61. The van der Waals surface area contributed by atoms with Crippen LogP contribution in [0.1, 0.15) is 128 Å². The van der Waals surface area contributed by atoms with Gasteiger partial charge in [0.15, 0.2) is 0 Å². The van der Waals surface area contributed by atoms with Gasteiger partial charge in [-0.15, -0.1) is 11.3 Å². The molecule has 0 radical (unpaired) electrons. The second kappa shape index (κ2) is 21.3. The topological polar surface area (TPSA) is 19.6 Å². The maximum Gasteiger partial charge on any atom is 0.145 e. The number of anilines is 6. The summed E-state index contributed by atoms with van der Waals surface area (Å²) in [5, 5.41) is 4.60. The lowest BCUT2D eigenvalue weighted by Crippen LogP contribution is -2.29. The molecule has 0 bridgehead atoms. The normalized spacial score (nSPS) is 14.5. The van der Waals surface area contributed by atoms with Crippen molar-refractivity contribution in [3.05, 3.63) is 287 Å². The van der Waals surface area contributed by atoms with Crippen LogP contribution in [0.2, 0.25) is 0 Å². The molecule has 0 saturated carbocycles. The summed E-state index contributed by atoms with van der Waals surface area (Å²) in [5.74, 6) is 0. The number of nitrogens with zero attached hydrogens (tertiary/aromatic N) is 2. The molecule has 13 aromatic rings. The monoisotopic (exact) mass is 1180 g/mol. The largest absolute Gasteiger partial charge is 0.455 e. The first-order valence-electron chi connectivity index (χ1n) is 31.1. The first-order valence-corrected chi connectivity index (χ1v) is 32.7. The van der Waals surface area contributed by atoms with Gasteiger partial charge in [-0.25, -0.2) is 0 Å². The van der Waals surface area contributed by atoms with E-state index < -0.39 is 5.41 Å². The third-order valence-electron chi connectivity index (χ3n) is 18.2. The molecule has 2 heterocycles. The molecule has 0 aliphatic heterocycles. The maximum absolute atomic E-state index is 7.66. The van der Waals surface area contributed by atoms with E-state index in [-0.39, 0.29) is 21.7 Å². The zero-order chi connectivity index (χ0) is 61.1. The molecule has 14 rings (SSSR count).